The van der Waals surface area contributed by atoms with Gasteiger partial charge in [-0.2, -0.15) is 5.10 Å². The summed E-state index contributed by atoms with van der Waals surface area (Å²) in [6, 6.07) is 15.4. The van der Waals surface area contributed by atoms with Gasteiger partial charge in [0.1, 0.15) is 0 Å². The molecule has 1 heterocycles. The topological polar surface area (TPSA) is 62.7 Å². The van der Waals surface area contributed by atoms with Gasteiger partial charge in [-0.15, -0.1) is 0 Å². The van der Waals surface area contributed by atoms with Crippen LogP contribution in [0.1, 0.15) is 30.5 Å². The lowest BCUT2D eigenvalue weighted by molar-refractivity contribution is -0.121. The molecule has 1 aromatic heterocycles. The highest BCUT2D eigenvalue weighted by molar-refractivity contribution is 7.71. The number of carbonyl (C=O) groups is 1. The average Bonchev–Trinajstić information content (AvgIpc) is 3.01. The summed E-state index contributed by atoms with van der Waals surface area (Å²) in [6.45, 7) is 4.43. The fourth-order valence-corrected chi connectivity index (χ4v) is 3.24. The van der Waals surface area contributed by atoms with Crippen LogP contribution in [-0.2, 0) is 11.3 Å². The van der Waals surface area contributed by atoms with Crippen molar-refractivity contribution in [2.45, 2.75) is 32.9 Å². The molecular formula is C20H21ClN4OS. The van der Waals surface area contributed by atoms with E-state index in [9.17, 15) is 4.79 Å². The van der Waals surface area contributed by atoms with Crippen LogP contribution in [0.3, 0.4) is 0 Å². The summed E-state index contributed by atoms with van der Waals surface area (Å²) in [6.07, 6.45) is 0.310. The summed E-state index contributed by atoms with van der Waals surface area (Å²) in [5.74, 6) is 0.693. The molecule has 0 radical (unpaired) electrons. The van der Waals surface area contributed by atoms with Crippen molar-refractivity contribution in [3.63, 3.8) is 0 Å². The molecule has 0 aliphatic carbocycles. The Morgan fingerprint density at radius 2 is 2.04 bits per heavy atom. The molecule has 0 bridgehead atoms. The molecule has 3 aromatic rings. The second-order valence-corrected chi connectivity index (χ2v) is 7.29. The van der Waals surface area contributed by atoms with E-state index in [1.165, 1.54) is 0 Å². The van der Waals surface area contributed by atoms with Crippen molar-refractivity contribution >= 4 is 29.7 Å². The Hall–Kier alpha value is -2.44. The highest BCUT2D eigenvalue weighted by Crippen LogP contribution is 2.19. The normalized spacial score (nSPS) is 12.0. The van der Waals surface area contributed by atoms with E-state index < -0.39 is 0 Å². The molecule has 0 saturated carbocycles. The molecule has 0 saturated heterocycles. The van der Waals surface area contributed by atoms with E-state index in [1.54, 1.807) is 0 Å². The summed E-state index contributed by atoms with van der Waals surface area (Å²) < 4.78 is 2.36. The Labute approximate surface area is 168 Å². The summed E-state index contributed by atoms with van der Waals surface area (Å²) in [5.41, 5.74) is 3.12. The minimum atomic E-state index is -0.0941. The number of aromatic nitrogens is 3. The molecule has 0 spiro atoms. The highest BCUT2D eigenvalue weighted by atomic mass is 35.5. The number of amides is 1. The predicted octanol–water partition coefficient (Wildman–Crippen LogP) is 4.84. The molecule has 1 atom stereocenters. The molecule has 5 nitrogen and oxygen atoms in total. The van der Waals surface area contributed by atoms with Crippen molar-refractivity contribution in [2.75, 3.05) is 0 Å². The van der Waals surface area contributed by atoms with E-state index in [0.717, 1.165) is 22.5 Å². The fraction of sp³-hybridized carbons (Fsp3) is 0.250. The molecule has 1 amide bonds. The van der Waals surface area contributed by atoms with Gasteiger partial charge in [0.25, 0.3) is 0 Å². The van der Waals surface area contributed by atoms with Crippen LogP contribution >= 0.6 is 23.8 Å². The zero-order valence-corrected chi connectivity index (χ0v) is 16.8. The first kappa shape index (κ1) is 19.3. The van der Waals surface area contributed by atoms with E-state index in [4.69, 9.17) is 23.8 Å². The Balaban J connectivity index is 1.66. The molecule has 2 aromatic carbocycles. The molecule has 0 fully saturated rings. The molecular weight excluding hydrogens is 380 g/mol. The van der Waals surface area contributed by atoms with E-state index in [0.29, 0.717) is 22.8 Å². The van der Waals surface area contributed by atoms with Gasteiger partial charge in [-0.05, 0) is 49.8 Å². The number of H-pyrrole nitrogens is 1. The van der Waals surface area contributed by atoms with Crippen molar-refractivity contribution in [3.8, 4) is 11.4 Å². The number of carbonyl (C=O) groups excluding carboxylic acids is 1. The van der Waals surface area contributed by atoms with Gasteiger partial charge < -0.3 is 5.32 Å². The lowest BCUT2D eigenvalue weighted by atomic mass is 10.1. The van der Waals surface area contributed by atoms with Gasteiger partial charge in [-0.3, -0.25) is 14.5 Å². The lowest BCUT2D eigenvalue weighted by Crippen LogP contribution is -2.27. The zero-order valence-electron chi connectivity index (χ0n) is 15.2. The van der Waals surface area contributed by atoms with Gasteiger partial charge >= 0.3 is 0 Å². The van der Waals surface area contributed by atoms with Crippen LogP contribution in [0.4, 0.5) is 0 Å². The maximum Gasteiger partial charge on any atom is 0.222 e. The van der Waals surface area contributed by atoms with Crippen LogP contribution in [0.15, 0.2) is 48.5 Å². The van der Waals surface area contributed by atoms with Crippen LogP contribution in [0, 0.1) is 11.7 Å². The maximum absolute atomic E-state index is 12.4. The number of halogens is 1. The first-order chi connectivity index (χ1) is 12.9. The first-order valence-corrected chi connectivity index (χ1v) is 9.50. The number of aromatic amines is 1. The molecule has 2 N–H and O–H groups in total. The Kier molecular flexibility index (Phi) is 6.08. The van der Waals surface area contributed by atoms with Crippen LogP contribution in [-0.4, -0.2) is 20.7 Å². The lowest BCUT2D eigenvalue weighted by Gasteiger charge is -2.15. The summed E-state index contributed by atoms with van der Waals surface area (Å²) in [4.78, 5) is 12.4. The summed E-state index contributed by atoms with van der Waals surface area (Å²) in [5, 5.41) is 10.8. The summed E-state index contributed by atoms with van der Waals surface area (Å²) in [7, 11) is 0. The van der Waals surface area contributed by atoms with Crippen molar-refractivity contribution in [2.24, 2.45) is 0 Å². The van der Waals surface area contributed by atoms with Gasteiger partial charge in [-0.1, -0.05) is 47.5 Å². The minimum Gasteiger partial charge on any atom is -0.350 e. The Morgan fingerprint density at radius 3 is 2.74 bits per heavy atom. The van der Waals surface area contributed by atoms with Crippen molar-refractivity contribution < 1.29 is 4.79 Å². The molecule has 140 valence electrons. The van der Waals surface area contributed by atoms with Gasteiger partial charge in [0.15, 0.2) is 10.6 Å². The van der Waals surface area contributed by atoms with Crippen molar-refractivity contribution in [1.29, 1.82) is 0 Å². The molecule has 7 heteroatoms. The summed E-state index contributed by atoms with van der Waals surface area (Å²) >= 11 is 11.2. The minimum absolute atomic E-state index is 0.0456. The second kappa shape index (κ2) is 8.50. The Bertz CT molecular complexity index is 994. The SMILES string of the molecule is Cc1cccc(-c2n[nH]c(=S)n2CCC(=O)N[C@@H](C)c2ccc(Cl)cc2)c1. The van der Waals surface area contributed by atoms with Gasteiger partial charge in [0.05, 0.1) is 6.04 Å². The third-order valence-electron chi connectivity index (χ3n) is 4.34. The van der Waals surface area contributed by atoms with Crippen LogP contribution in [0.25, 0.3) is 11.4 Å². The second-order valence-electron chi connectivity index (χ2n) is 6.46. The van der Waals surface area contributed by atoms with Gasteiger partial charge in [-0.25, -0.2) is 0 Å². The van der Waals surface area contributed by atoms with E-state index in [1.807, 2.05) is 66.9 Å². The first-order valence-electron chi connectivity index (χ1n) is 8.71. The monoisotopic (exact) mass is 400 g/mol. The number of hydrogen-bond acceptors (Lipinski definition) is 3. The number of aryl methyl sites for hydroxylation is 1. The maximum atomic E-state index is 12.4. The number of benzene rings is 2. The smallest absolute Gasteiger partial charge is 0.222 e. The molecule has 0 unspecified atom stereocenters. The third-order valence-corrected chi connectivity index (χ3v) is 4.91. The highest BCUT2D eigenvalue weighted by Gasteiger charge is 2.13. The molecule has 3 rings (SSSR count). The average molecular weight is 401 g/mol. The van der Waals surface area contributed by atoms with Crippen molar-refractivity contribution in [1.82, 2.24) is 20.1 Å². The largest absolute Gasteiger partial charge is 0.350 e. The molecule has 0 aliphatic heterocycles. The number of hydrogen-bond donors (Lipinski definition) is 2. The van der Waals surface area contributed by atoms with E-state index in [2.05, 4.69) is 15.5 Å². The molecule has 0 aliphatic rings. The number of nitrogens with one attached hydrogen (secondary N) is 2. The van der Waals surface area contributed by atoms with Gasteiger partial charge in [0.2, 0.25) is 5.91 Å². The third kappa shape index (κ3) is 4.84. The molecule has 27 heavy (non-hydrogen) atoms. The standard InChI is InChI=1S/C20H21ClN4OS/c1-13-4-3-5-16(12-13)19-23-24-20(27)25(19)11-10-18(26)22-14(2)15-6-8-17(21)9-7-15/h3-9,12,14H,10-11H2,1-2H3,(H,22,26)(H,24,27)/t14-/m0/s1. The van der Waals surface area contributed by atoms with E-state index >= 15 is 0 Å². The van der Waals surface area contributed by atoms with Crippen molar-refractivity contribution in [3.05, 3.63) is 69.5 Å². The predicted molar refractivity (Wildman–Crippen MR) is 110 cm³/mol. The van der Waals surface area contributed by atoms with Crippen LogP contribution < -0.4 is 5.32 Å². The van der Waals surface area contributed by atoms with Gasteiger partial charge in [0, 0.05) is 23.6 Å². The fourth-order valence-electron chi connectivity index (χ4n) is 2.89. The number of nitrogens with zero attached hydrogens (tertiary/aromatic N) is 2. The zero-order chi connectivity index (χ0) is 19.4. The van der Waals surface area contributed by atoms with Crippen LogP contribution in [0.5, 0.6) is 0 Å². The van der Waals surface area contributed by atoms with E-state index in [-0.39, 0.29) is 11.9 Å². The number of rotatable bonds is 6. The van der Waals surface area contributed by atoms with Crippen LogP contribution in [0.2, 0.25) is 5.02 Å². The Morgan fingerprint density at radius 1 is 1.30 bits per heavy atom. The quantitative estimate of drug-likeness (QED) is 0.582.